The molecule has 82 valence electrons. The van der Waals surface area contributed by atoms with Gasteiger partial charge >= 0.3 is 34.8 Å². The molecule has 0 amide bonds. The molecular weight excluding hydrogens is 249 g/mol. The molecule has 0 spiro atoms. The van der Waals surface area contributed by atoms with Crippen LogP contribution in [-0.2, 0) is 15.4 Å². The van der Waals surface area contributed by atoms with Crippen LogP contribution in [0.2, 0.25) is 0 Å². The van der Waals surface area contributed by atoms with Gasteiger partial charge in [-0.15, -0.1) is 0 Å². The van der Waals surface area contributed by atoms with Crippen molar-refractivity contribution in [3.05, 3.63) is 42.0 Å². The van der Waals surface area contributed by atoms with Crippen molar-refractivity contribution in [2.75, 3.05) is 0 Å². The van der Waals surface area contributed by atoms with Gasteiger partial charge in [-0.25, -0.2) is 8.42 Å². The average molecular weight is 256 g/mol. The number of hydrogen-bond acceptors (Lipinski definition) is 3. The summed E-state index contributed by atoms with van der Waals surface area (Å²) in [7, 11) is -5.68. The molecule has 0 fully saturated rings. The Labute approximate surface area is 114 Å². The van der Waals surface area contributed by atoms with Crippen molar-refractivity contribution in [1.82, 2.24) is 0 Å². The first-order valence-corrected chi connectivity index (χ1v) is 5.26. The van der Waals surface area contributed by atoms with E-state index in [2.05, 4.69) is 6.58 Å². The molecule has 0 heterocycles. The molecule has 1 aromatic rings. The molecule has 0 saturated carbocycles. The van der Waals surface area contributed by atoms with Gasteiger partial charge in [-0.2, -0.15) is 8.78 Å². The normalized spacial score (nSPS) is 11.7. The molecule has 3 nitrogen and oxygen atoms in total. The van der Waals surface area contributed by atoms with Crippen molar-refractivity contribution in [2.45, 2.75) is 5.25 Å². The van der Waals surface area contributed by atoms with Crippen molar-refractivity contribution in [3.8, 4) is 0 Å². The molecule has 0 aliphatic rings. The summed E-state index contributed by atoms with van der Waals surface area (Å²) in [5, 5.41) is -4.40. The van der Waals surface area contributed by atoms with Gasteiger partial charge in [0.15, 0.2) is 10.1 Å². The zero-order valence-corrected chi connectivity index (χ0v) is 11.3. The molecule has 0 bridgehead atoms. The van der Waals surface area contributed by atoms with Crippen LogP contribution in [0.15, 0.2) is 30.8 Å². The third-order valence-corrected chi connectivity index (χ3v) is 2.66. The Kier molecular flexibility index (Phi) is 5.28. The molecule has 1 rings (SSSR count). The smallest absolute Gasteiger partial charge is 0.743 e. The zero-order valence-electron chi connectivity index (χ0n) is 8.48. The Bertz CT molecular complexity index is 468. The van der Waals surface area contributed by atoms with Gasteiger partial charge in [0.25, 0.3) is 0 Å². The zero-order chi connectivity index (χ0) is 11.7. The minimum Gasteiger partial charge on any atom is -0.743 e. The summed E-state index contributed by atoms with van der Waals surface area (Å²) in [5.41, 5.74) is -0.291. The minimum absolute atomic E-state index is 0. The molecule has 0 aromatic heterocycles. The summed E-state index contributed by atoms with van der Waals surface area (Å²) in [6.07, 6.45) is 1.41. The maximum Gasteiger partial charge on any atom is 1.00 e. The van der Waals surface area contributed by atoms with Gasteiger partial charge in [0.2, 0.25) is 0 Å². The number of halogens is 2. The predicted molar refractivity (Wildman–Crippen MR) is 50.1 cm³/mol. The first-order valence-electron chi connectivity index (χ1n) is 3.85. The number of alkyl halides is 2. The molecule has 0 radical (unpaired) electrons. The van der Waals surface area contributed by atoms with E-state index in [0.717, 1.165) is 12.1 Å². The number of hydrogen-bond donors (Lipinski definition) is 0. The van der Waals surface area contributed by atoms with E-state index in [1.807, 2.05) is 0 Å². The molecule has 7 heteroatoms. The van der Waals surface area contributed by atoms with Gasteiger partial charge in [-0.3, -0.25) is 0 Å². The fourth-order valence-electron chi connectivity index (χ4n) is 0.958. The molecule has 0 N–H and O–H groups in total. The van der Waals surface area contributed by atoms with Gasteiger partial charge in [-0.05, 0) is 5.56 Å². The van der Waals surface area contributed by atoms with Crippen LogP contribution < -0.4 is 29.6 Å². The summed E-state index contributed by atoms with van der Waals surface area (Å²) in [5.74, 6) is 0. The van der Waals surface area contributed by atoms with E-state index in [-0.39, 0.29) is 29.6 Å². The van der Waals surface area contributed by atoms with Crippen molar-refractivity contribution in [3.63, 3.8) is 0 Å². The quantitative estimate of drug-likeness (QED) is 0.511. The molecule has 1 aromatic carbocycles. The van der Waals surface area contributed by atoms with Crippen LogP contribution in [0.5, 0.6) is 0 Å². The van der Waals surface area contributed by atoms with Gasteiger partial charge < -0.3 is 4.55 Å². The van der Waals surface area contributed by atoms with E-state index in [9.17, 15) is 21.8 Å². The molecule has 0 atom stereocenters. The Balaban J connectivity index is 0.00000225. The maximum atomic E-state index is 13.0. The average Bonchev–Trinajstić information content (AvgIpc) is 2.16. The van der Waals surface area contributed by atoms with Gasteiger partial charge in [0.05, 0.1) is 0 Å². The standard InChI is InChI=1S/C9H8F2O3S.Na/c1-2-7-3-5-8(6-4-7)9(10,11)15(12,13)14;/h2-6H,1H2,(H,12,13,14);/q;+1/p-1. The first kappa shape index (κ1) is 15.7. The van der Waals surface area contributed by atoms with Crippen molar-refractivity contribution in [2.24, 2.45) is 0 Å². The molecule has 0 saturated heterocycles. The van der Waals surface area contributed by atoms with Crippen LogP contribution in [0.1, 0.15) is 11.1 Å². The molecule has 0 unspecified atom stereocenters. The number of rotatable bonds is 3. The second-order valence-corrected chi connectivity index (χ2v) is 4.22. The van der Waals surface area contributed by atoms with Gasteiger partial charge in [0, 0.05) is 5.56 Å². The van der Waals surface area contributed by atoms with E-state index in [4.69, 9.17) is 0 Å². The summed E-state index contributed by atoms with van der Waals surface area (Å²) >= 11 is 0. The largest absolute Gasteiger partial charge is 1.00 e. The van der Waals surface area contributed by atoms with E-state index in [0.29, 0.717) is 5.56 Å². The van der Waals surface area contributed by atoms with E-state index >= 15 is 0 Å². The van der Waals surface area contributed by atoms with E-state index < -0.39 is 20.9 Å². The van der Waals surface area contributed by atoms with Crippen molar-refractivity contribution >= 4 is 16.2 Å². The Morgan fingerprint density at radius 1 is 1.25 bits per heavy atom. The Morgan fingerprint density at radius 2 is 1.69 bits per heavy atom. The predicted octanol–water partition coefficient (Wildman–Crippen LogP) is -1.07. The summed E-state index contributed by atoms with van der Waals surface area (Å²) < 4.78 is 56.8. The summed E-state index contributed by atoms with van der Waals surface area (Å²) in [6, 6.07) is 4.27. The van der Waals surface area contributed by atoms with Crippen LogP contribution in [-0.4, -0.2) is 13.0 Å². The molecule has 16 heavy (non-hydrogen) atoms. The van der Waals surface area contributed by atoms with Gasteiger partial charge in [0.1, 0.15) is 0 Å². The maximum absolute atomic E-state index is 13.0. The second kappa shape index (κ2) is 5.37. The Morgan fingerprint density at radius 3 is 2.00 bits per heavy atom. The SMILES string of the molecule is C=Cc1ccc(C(F)(F)S(=O)(=O)[O-])cc1.[Na+]. The number of benzene rings is 1. The van der Waals surface area contributed by atoms with E-state index in [1.165, 1.54) is 18.2 Å². The third kappa shape index (κ3) is 3.11. The van der Waals surface area contributed by atoms with E-state index in [1.54, 1.807) is 0 Å². The summed E-state index contributed by atoms with van der Waals surface area (Å²) in [6.45, 7) is 3.40. The van der Waals surface area contributed by atoms with Crippen LogP contribution in [0.25, 0.3) is 6.08 Å². The first-order chi connectivity index (χ1) is 6.79. The summed E-state index contributed by atoms with van der Waals surface area (Å²) in [4.78, 5) is 0. The molecular formula is C9H7F2NaO3S. The molecule has 0 aliphatic heterocycles. The van der Waals surface area contributed by atoms with Crippen LogP contribution >= 0.6 is 0 Å². The topological polar surface area (TPSA) is 57.2 Å². The van der Waals surface area contributed by atoms with Crippen LogP contribution in [0, 0.1) is 0 Å². The second-order valence-electron chi connectivity index (χ2n) is 2.80. The third-order valence-electron chi connectivity index (χ3n) is 1.80. The van der Waals surface area contributed by atoms with Crippen molar-refractivity contribution < 1.29 is 51.3 Å². The molecule has 0 aliphatic carbocycles. The van der Waals surface area contributed by atoms with Crippen LogP contribution in [0.4, 0.5) is 8.78 Å². The minimum atomic E-state index is -5.68. The van der Waals surface area contributed by atoms with Gasteiger partial charge in [-0.1, -0.05) is 36.9 Å². The fourth-order valence-corrected chi connectivity index (χ4v) is 1.38. The van der Waals surface area contributed by atoms with Crippen LogP contribution in [0.3, 0.4) is 0 Å². The monoisotopic (exact) mass is 256 g/mol. The Hall–Kier alpha value is -0.270. The fraction of sp³-hybridized carbons (Fsp3) is 0.111. The van der Waals surface area contributed by atoms with Crippen molar-refractivity contribution in [1.29, 1.82) is 0 Å².